The van der Waals surface area contributed by atoms with Crippen molar-refractivity contribution in [3.8, 4) is 0 Å². The molecule has 1 saturated carbocycles. The van der Waals surface area contributed by atoms with E-state index in [0.717, 1.165) is 45.1 Å². The Morgan fingerprint density at radius 2 is 1.79 bits per heavy atom. The van der Waals surface area contributed by atoms with Gasteiger partial charge in [0.05, 0.1) is 0 Å². The molecular formula is C14H25N3O2. The molecular weight excluding hydrogens is 242 g/mol. The Morgan fingerprint density at radius 3 is 2.37 bits per heavy atom. The zero-order valence-corrected chi connectivity index (χ0v) is 11.7. The third-order valence-corrected chi connectivity index (χ3v) is 4.47. The Labute approximate surface area is 114 Å². The molecule has 2 amide bonds. The summed E-state index contributed by atoms with van der Waals surface area (Å²) in [6.45, 7) is 3.05. The zero-order chi connectivity index (χ0) is 13.8. The van der Waals surface area contributed by atoms with Crippen molar-refractivity contribution >= 4 is 11.8 Å². The fraction of sp³-hybridized carbons (Fsp3) is 0.857. The summed E-state index contributed by atoms with van der Waals surface area (Å²) in [4.78, 5) is 23.3. The second kappa shape index (κ2) is 6.37. The normalized spacial score (nSPS) is 35.6. The van der Waals surface area contributed by atoms with Crippen molar-refractivity contribution in [1.29, 1.82) is 0 Å². The summed E-state index contributed by atoms with van der Waals surface area (Å²) in [6, 6.07) is 0.656. The number of primary amides is 1. The maximum absolute atomic E-state index is 12.2. The van der Waals surface area contributed by atoms with Crippen LogP contribution >= 0.6 is 0 Å². The van der Waals surface area contributed by atoms with Gasteiger partial charge in [-0.25, -0.2) is 0 Å². The minimum atomic E-state index is -0.197. The number of piperidine rings is 1. The Balaban J connectivity index is 1.75. The Hall–Kier alpha value is -1.10. The lowest BCUT2D eigenvalue weighted by molar-refractivity contribution is -0.127. The maximum Gasteiger partial charge on any atom is 0.223 e. The van der Waals surface area contributed by atoms with Crippen LogP contribution in [-0.2, 0) is 9.59 Å². The first-order chi connectivity index (χ1) is 9.06. The van der Waals surface area contributed by atoms with E-state index in [-0.39, 0.29) is 29.7 Å². The topological polar surface area (TPSA) is 84.2 Å². The van der Waals surface area contributed by atoms with Crippen LogP contribution in [0.4, 0.5) is 0 Å². The number of hydrogen-bond donors (Lipinski definition) is 3. The monoisotopic (exact) mass is 267 g/mol. The van der Waals surface area contributed by atoms with Crippen molar-refractivity contribution in [2.24, 2.45) is 17.6 Å². The summed E-state index contributed by atoms with van der Waals surface area (Å²) in [7, 11) is 0. The number of amides is 2. The SMILES string of the molecule is CC1CC(C(=O)NC2CCC(C(N)=O)CC2)CCN1. The highest BCUT2D eigenvalue weighted by Crippen LogP contribution is 2.25. The van der Waals surface area contributed by atoms with Gasteiger partial charge in [-0.3, -0.25) is 9.59 Å². The maximum atomic E-state index is 12.2. The molecule has 2 atom stereocenters. The van der Waals surface area contributed by atoms with Gasteiger partial charge >= 0.3 is 0 Å². The van der Waals surface area contributed by atoms with Crippen molar-refractivity contribution in [3.63, 3.8) is 0 Å². The number of nitrogens with one attached hydrogen (secondary N) is 2. The van der Waals surface area contributed by atoms with Gasteiger partial charge in [0.2, 0.25) is 11.8 Å². The number of carbonyl (C=O) groups excluding carboxylic acids is 2. The fourth-order valence-corrected chi connectivity index (χ4v) is 3.21. The van der Waals surface area contributed by atoms with Gasteiger partial charge in [0, 0.05) is 23.9 Å². The molecule has 0 bridgehead atoms. The highest BCUT2D eigenvalue weighted by molar-refractivity contribution is 5.79. The van der Waals surface area contributed by atoms with Gasteiger partial charge in [-0.05, 0) is 52.0 Å². The summed E-state index contributed by atoms with van der Waals surface area (Å²) in [5.41, 5.74) is 5.31. The van der Waals surface area contributed by atoms with Crippen LogP contribution in [0.1, 0.15) is 45.4 Å². The molecule has 4 N–H and O–H groups in total. The van der Waals surface area contributed by atoms with E-state index >= 15 is 0 Å². The third-order valence-electron chi connectivity index (χ3n) is 4.47. The standard InChI is InChI=1S/C14H25N3O2/c1-9-8-11(6-7-16-9)14(19)17-12-4-2-10(3-5-12)13(15)18/h9-12,16H,2-8H2,1H3,(H2,15,18)(H,17,19). The van der Waals surface area contributed by atoms with Gasteiger partial charge in [-0.2, -0.15) is 0 Å². The van der Waals surface area contributed by atoms with Crippen molar-refractivity contribution in [1.82, 2.24) is 10.6 Å². The molecule has 2 aliphatic rings. The van der Waals surface area contributed by atoms with E-state index in [0.29, 0.717) is 6.04 Å². The van der Waals surface area contributed by atoms with Gasteiger partial charge in [0.25, 0.3) is 0 Å². The first-order valence-electron chi connectivity index (χ1n) is 7.39. The Morgan fingerprint density at radius 1 is 1.11 bits per heavy atom. The van der Waals surface area contributed by atoms with Gasteiger partial charge in [0.1, 0.15) is 0 Å². The predicted molar refractivity (Wildman–Crippen MR) is 73.3 cm³/mol. The van der Waals surface area contributed by atoms with Crippen LogP contribution < -0.4 is 16.4 Å². The molecule has 0 aromatic rings. The summed E-state index contributed by atoms with van der Waals surface area (Å²) in [6.07, 6.45) is 5.21. The van der Waals surface area contributed by atoms with E-state index in [1.165, 1.54) is 0 Å². The molecule has 2 rings (SSSR count). The van der Waals surface area contributed by atoms with Gasteiger partial charge in [0.15, 0.2) is 0 Å². The number of carbonyl (C=O) groups is 2. The van der Waals surface area contributed by atoms with Gasteiger partial charge in [-0.1, -0.05) is 0 Å². The number of hydrogen-bond acceptors (Lipinski definition) is 3. The quantitative estimate of drug-likeness (QED) is 0.697. The summed E-state index contributed by atoms with van der Waals surface area (Å²) in [5, 5.41) is 6.51. The smallest absolute Gasteiger partial charge is 0.223 e. The first-order valence-corrected chi connectivity index (χ1v) is 7.39. The Bertz CT molecular complexity index is 338. The van der Waals surface area contributed by atoms with E-state index in [4.69, 9.17) is 5.73 Å². The average Bonchev–Trinajstić information content (AvgIpc) is 2.39. The summed E-state index contributed by atoms with van der Waals surface area (Å²) < 4.78 is 0. The van der Waals surface area contributed by atoms with E-state index in [2.05, 4.69) is 17.6 Å². The van der Waals surface area contributed by atoms with Crippen molar-refractivity contribution < 1.29 is 9.59 Å². The van der Waals surface area contributed by atoms with E-state index in [9.17, 15) is 9.59 Å². The third kappa shape index (κ3) is 3.93. The van der Waals surface area contributed by atoms with Crippen LogP contribution in [0.5, 0.6) is 0 Å². The molecule has 19 heavy (non-hydrogen) atoms. The zero-order valence-electron chi connectivity index (χ0n) is 11.7. The second-order valence-electron chi connectivity index (χ2n) is 6.04. The van der Waals surface area contributed by atoms with Crippen LogP contribution in [0, 0.1) is 11.8 Å². The van der Waals surface area contributed by atoms with Gasteiger partial charge in [-0.15, -0.1) is 0 Å². The lowest BCUT2D eigenvalue weighted by Gasteiger charge is -2.31. The molecule has 1 heterocycles. The van der Waals surface area contributed by atoms with E-state index < -0.39 is 0 Å². The molecule has 2 unspecified atom stereocenters. The Kier molecular flexibility index (Phi) is 4.80. The molecule has 1 aliphatic heterocycles. The molecule has 1 saturated heterocycles. The van der Waals surface area contributed by atoms with Crippen LogP contribution in [0.2, 0.25) is 0 Å². The average molecular weight is 267 g/mol. The molecule has 2 fully saturated rings. The molecule has 5 nitrogen and oxygen atoms in total. The van der Waals surface area contributed by atoms with E-state index in [1.807, 2.05) is 0 Å². The fourth-order valence-electron chi connectivity index (χ4n) is 3.21. The van der Waals surface area contributed by atoms with Crippen molar-refractivity contribution in [2.75, 3.05) is 6.54 Å². The minimum Gasteiger partial charge on any atom is -0.369 e. The minimum absolute atomic E-state index is 0.00653. The molecule has 1 aliphatic carbocycles. The molecule has 0 aromatic carbocycles. The number of rotatable bonds is 3. The van der Waals surface area contributed by atoms with Crippen LogP contribution in [-0.4, -0.2) is 30.4 Å². The lowest BCUT2D eigenvalue weighted by atomic mass is 9.85. The van der Waals surface area contributed by atoms with Crippen LogP contribution in [0.3, 0.4) is 0 Å². The molecule has 0 aromatic heterocycles. The molecule has 0 radical (unpaired) electrons. The highest BCUT2D eigenvalue weighted by Gasteiger charge is 2.29. The van der Waals surface area contributed by atoms with Crippen LogP contribution in [0.15, 0.2) is 0 Å². The predicted octanol–water partition coefficient (Wildman–Crippen LogP) is 0.535. The van der Waals surface area contributed by atoms with E-state index in [1.54, 1.807) is 0 Å². The first kappa shape index (κ1) is 14.3. The summed E-state index contributed by atoms with van der Waals surface area (Å²) >= 11 is 0. The van der Waals surface area contributed by atoms with Crippen molar-refractivity contribution in [2.45, 2.75) is 57.5 Å². The molecule has 5 heteroatoms. The molecule has 108 valence electrons. The largest absolute Gasteiger partial charge is 0.369 e. The summed E-state index contributed by atoms with van der Waals surface area (Å²) in [5.74, 6) is 0.144. The highest BCUT2D eigenvalue weighted by atomic mass is 16.2. The molecule has 0 spiro atoms. The van der Waals surface area contributed by atoms with Gasteiger partial charge < -0.3 is 16.4 Å². The number of nitrogens with two attached hydrogens (primary N) is 1. The lowest BCUT2D eigenvalue weighted by Crippen LogP contribution is -2.46. The second-order valence-corrected chi connectivity index (χ2v) is 6.04. The van der Waals surface area contributed by atoms with Crippen LogP contribution in [0.25, 0.3) is 0 Å². The van der Waals surface area contributed by atoms with Crippen molar-refractivity contribution in [3.05, 3.63) is 0 Å².